The number of rotatable bonds is 9. The number of thiophene rings is 2. The van der Waals surface area contributed by atoms with E-state index in [0.29, 0.717) is 25.3 Å². The summed E-state index contributed by atoms with van der Waals surface area (Å²) >= 11 is 2.72. The summed E-state index contributed by atoms with van der Waals surface area (Å²) in [6, 6.07) is 14.0. The third-order valence-corrected chi connectivity index (χ3v) is 9.69. The van der Waals surface area contributed by atoms with E-state index in [1.54, 1.807) is 17.4 Å². The van der Waals surface area contributed by atoms with Crippen LogP contribution in [0.2, 0.25) is 0 Å². The molecule has 0 aliphatic carbocycles. The molecule has 38 heavy (non-hydrogen) atoms. The Morgan fingerprint density at radius 1 is 1.08 bits per heavy atom. The Hall–Kier alpha value is -2.89. The van der Waals surface area contributed by atoms with Crippen molar-refractivity contribution >= 4 is 43.7 Å². The first-order valence-electron chi connectivity index (χ1n) is 12.4. The van der Waals surface area contributed by atoms with Crippen LogP contribution in [0.4, 0.5) is 0 Å². The molecule has 1 aromatic carbocycles. The maximum atomic E-state index is 12.1. The molecule has 0 unspecified atom stereocenters. The molecule has 4 heterocycles. The number of aryl methyl sites for hydroxylation is 3. The molecule has 0 bridgehead atoms. The third-order valence-electron chi connectivity index (χ3n) is 6.39. The topological polar surface area (TPSA) is 94.3 Å². The van der Waals surface area contributed by atoms with Crippen molar-refractivity contribution in [2.24, 2.45) is 0 Å². The van der Waals surface area contributed by atoms with Crippen LogP contribution in [-0.4, -0.2) is 34.3 Å². The van der Waals surface area contributed by atoms with Gasteiger partial charge in [0, 0.05) is 28.4 Å². The lowest BCUT2D eigenvalue weighted by molar-refractivity contribution is 0.134. The number of hydrogen-bond acceptors (Lipinski definition) is 7. The highest BCUT2D eigenvalue weighted by molar-refractivity contribution is 7.88. The SMILES string of the molecule is CCOCc1cc(Cn2nc(-c3cccs3)c3c(C)nc(CC)cc32)ccc1-c1cc(C)sc1S(=O)(=O)O. The van der Waals surface area contributed by atoms with Crippen LogP contribution in [0.5, 0.6) is 0 Å². The predicted octanol–water partition coefficient (Wildman–Crippen LogP) is 6.90. The van der Waals surface area contributed by atoms with Gasteiger partial charge in [-0.2, -0.15) is 13.5 Å². The van der Waals surface area contributed by atoms with Gasteiger partial charge in [-0.25, -0.2) is 0 Å². The lowest BCUT2D eigenvalue weighted by atomic mass is 9.99. The Morgan fingerprint density at radius 2 is 1.89 bits per heavy atom. The molecule has 10 heteroatoms. The molecule has 0 atom stereocenters. The summed E-state index contributed by atoms with van der Waals surface area (Å²) in [4.78, 5) is 6.70. The van der Waals surface area contributed by atoms with E-state index >= 15 is 0 Å². The van der Waals surface area contributed by atoms with Crippen LogP contribution in [0.15, 0.2) is 52.1 Å². The van der Waals surface area contributed by atoms with Crippen LogP contribution in [-0.2, 0) is 34.4 Å². The number of benzene rings is 1. The van der Waals surface area contributed by atoms with Gasteiger partial charge in [-0.15, -0.1) is 22.7 Å². The number of aromatic nitrogens is 3. The average Bonchev–Trinajstić information content (AvgIpc) is 3.62. The first-order valence-corrected chi connectivity index (χ1v) is 15.5. The van der Waals surface area contributed by atoms with Gasteiger partial charge >= 0.3 is 10.1 Å². The molecular weight excluding hydrogens is 539 g/mol. The average molecular weight is 568 g/mol. The zero-order valence-electron chi connectivity index (χ0n) is 21.7. The Labute approximate surface area is 230 Å². The fourth-order valence-electron chi connectivity index (χ4n) is 4.71. The Balaban J connectivity index is 1.62. The van der Waals surface area contributed by atoms with Crippen molar-refractivity contribution in [1.82, 2.24) is 14.8 Å². The summed E-state index contributed by atoms with van der Waals surface area (Å²) in [5.74, 6) is 0. The second kappa shape index (κ2) is 10.7. The van der Waals surface area contributed by atoms with Crippen molar-refractivity contribution < 1.29 is 17.7 Å². The molecule has 0 saturated carbocycles. The molecule has 0 saturated heterocycles. The van der Waals surface area contributed by atoms with E-state index in [0.717, 1.165) is 72.2 Å². The van der Waals surface area contributed by atoms with Crippen molar-refractivity contribution in [3.8, 4) is 21.7 Å². The minimum absolute atomic E-state index is 0.0470. The van der Waals surface area contributed by atoms with Gasteiger partial charge in [0.2, 0.25) is 0 Å². The zero-order chi connectivity index (χ0) is 27.0. The number of hydrogen-bond donors (Lipinski definition) is 1. The van der Waals surface area contributed by atoms with Gasteiger partial charge in [0.05, 0.1) is 28.9 Å². The molecule has 0 spiro atoms. The summed E-state index contributed by atoms with van der Waals surface area (Å²) < 4.78 is 41.8. The molecule has 0 radical (unpaired) electrons. The monoisotopic (exact) mass is 567 g/mol. The molecule has 0 fully saturated rings. The lowest BCUT2D eigenvalue weighted by Crippen LogP contribution is -2.05. The zero-order valence-corrected chi connectivity index (χ0v) is 24.1. The van der Waals surface area contributed by atoms with Gasteiger partial charge in [-0.05, 0) is 67.5 Å². The van der Waals surface area contributed by atoms with Gasteiger partial charge in [-0.3, -0.25) is 14.2 Å². The molecule has 198 valence electrons. The van der Waals surface area contributed by atoms with E-state index in [1.165, 1.54) is 0 Å². The molecule has 0 aliphatic rings. The van der Waals surface area contributed by atoms with Gasteiger partial charge in [0.25, 0.3) is 0 Å². The highest BCUT2D eigenvalue weighted by Crippen LogP contribution is 2.38. The standard InChI is InChI=1S/C28H29N3O4S3/c1-5-21-14-24-26(18(4)29-21)27(25-8-7-11-36-25)30-31(24)15-19-9-10-22(20(13-19)16-35-6-2)23-12-17(3)37-28(23)38(32,33)34/h7-14H,5-6,15-16H2,1-4H3,(H,32,33,34). The number of ether oxygens (including phenoxy) is 1. The molecule has 5 rings (SSSR count). The Bertz CT molecular complexity index is 1720. The van der Waals surface area contributed by atoms with Crippen molar-refractivity contribution in [1.29, 1.82) is 0 Å². The summed E-state index contributed by atoms with van der Waals surface area (Å²) in [7, 11) is -4.35. The molecule has 0 amide bonds. The van der Waals surface area contributed by atoms with E-state index in [4.69, 9.17) is 14.8 Å². The van der Waals surface area contributed by atoms with Crippen LogP contribution in [0.25, 0.3) is 32.6 Å². The molecular formula is C28H29N3O4S3. The number of nitrogens with zero attached hydrogens (tertiary/aromatic N) is 3. The normalized spacial score (nSPS) is 12.0. The van der Waals surface area contributed by atoms with Crippen LogP contribution >= 0.6 is 22.7 Å². The molecule has 4 aromatic heterocycles. The van der Waals surface area contributed by atoms with Crippen molar-refractivity contribution in [3.05, 3.63) is 75.2 Å². The van der Waals surface area contributed by atoms with Crippen LogP contribution in [0.1, 0.15) is 41.2 Å². The molecule has 1 N–H and O–H groups in total. The largest absolute Gasteiger partial charge is 0.377 e. The van der Waals surface area contributed by atoms with Crippen LogP contribution in [0.3, 0.4) is 0 Å². The van der Waals surface area contributed by atoms with Crippen molar-refractivity contribution in [2.45, 2.75) is 51.5 Å². The maximum Gasteiger partial charge on any atom is 0.304 e. The highest BCUT2D eigenvalue weighted by atomic mass is 32.3. The first kappa shape index (κ1) is 26.7. The fraction of sp³-hybridized carbons (Fsp3) is 0.286. The first-order chi connectivity index (χ1) is 18.2. The minimum Gasteiger partial charge on any atom is -0.377 e. The van der Waals surface area contributed by atoms with Gasteiger partial charge in [0.15, 0.2) is 4.21 Å². The summed E-state index contributed by atoms with van der Waals surface area (Å²) in [5, 5.41) is 8.14. The van der Waals surface area contributed by atoms with E-state index in [9.17, 15) is 13.0 Å². The van der Waals surface area contributed by atoms with Gasteiger partial charge < -0.3 is 4.74 Å². The van der Waals surface area contributed by atoms with E-state index in [1.807, 2.05) is 49.7 Å². The fourth-order valence-corrected chi connectivity index (χ4v) is 7.44. The lowest BCUT2D eigenvalue weighted by Gasteiger charge is -2.13. The molecule has 0 aliphatic heterocycles. The summed E-state index contributed by atoms with van der Waals surface area (Å²) in [6.07, 6.45) is 0.833. The van der Waals surface area contributed by atoms with Gasteiger partial charge in [-0.1, -0.05) is 31.2 Å². The second-order valence-electron chi connectivity index (χ2n) is 9.09. The van der Waals surface area contributed by atoms with Crippen LogP contribution in [0, 0.1) is 13.8 Å². The van der Waals surface area contributed by atoms with Crippen molar-refractivity contribution in [2.75, 3.05) is 6.61 Å². The third kappa shape index (κ3) is 5.19. The Morgan fingerprint density at radius 3 is 2.58 bits per heavy atom. The van der Waals surface area contributed by atoms with Crippen LogP contribution < -0.4 is 0 Å². The summed E-state index contributed by atoms with van der Waals surface area (Å²) in [6.45, 7) is 9.26. The second-order valence-corrected chi connectivity index (χ2v) is 12.9. The van der Waals surface area contributed by atoms with E-state index in [2.05, 4.69) is 24.4 Å². The number of pyridine rings is 1. The van der Waals surface area contributed by atoms with Gasteiger partial charge in [0.1, 0.15) is 5.69 Å². The maximum absolute atomic E-state index is 12.1. The van der Waals surface area contributed by atoms with E-state index < -0.39 is 10.1 Å². The minimum atomic E-state index is -4.35. The van der Waals surface area contributed by atoms with E-state index in [-0.39, 0.29) is 4.21 Å². The predicted molar refractivity (Wildman–Crippen MR) is 154 cm³/mol. The Kier molecular flexibility index (Phi) is 7.52. The summed E-state index contributed by atoms with van der Waals surface area (Å²) in [5.41, 5.74) is 7.05. The van der Waals surface area contributed by atoms with Crippen molar-refractivity contribution in [3.63, 3.8) is 0 Å². The number of fused-ring (bicyclic) bond motifs is 1. The molecule has 5 aromatic rings. The quantitative estimate of drug-likeness (QED) is 0.195. The highest BCUT2D eigenvalue weighted by Gasteiger charge is 2.23. The smallest absolute Gasteiger partial charge is 0.304 e. The molecule has 7 nitrogen and oxygen atoms in total.